The minimum Gasteiger partial charge on any atom is -0.481 e. The van der Waals surface area contributed by atoms with Crippen LogP contribution in [0, 0.1) is 29.6 Å². The number of hydrogen-bond acceptors (Lipinski definition) is 2. The van der Waals surface area contributed by atoms with Crippen LogP contribution in [0.15, 0.2) is 0 Å². The summed E-state index contributed by atoms with van der Waals surface area (Å²) in [4.78, 5) is 14.4. The SMILES string of the molecule is O=C(O)C[C@@H]1CC[C@@H](N(CCC2CCCCC2)CCC2CCCCC2)[C@H](C2CCCC2)C1. The van der Waals surface area contributed by atoms with Crippen LogP contribution in [0.1, 0.15) is 128 Å². The van der Waals surface area contributed by atoms with Crippen LogP contribution in [0.5, 0.6) is 0 Å². The number of carboxylic acids is 1. The lowest BCUT2D eigenvalue weighted by Gasteiger charge is -2.46. The van der Waals surface area contributed by atoms with Crippen molar-refractivity contribution in [3.05, 3.63) is 0 Å². The van der Waals surface area contributed by atoms with E-state index in [0.29, 0.717) is 12.3 Å². The molecular weight excluding hydrogens is 394 g/mol. The van der Waals surface area contributed by atoms with Crippen molar-refractivity contribution in [1.82, 2.24) is 4.90 Å². The third-order valence-electron chi connectivity index (χ3n) is 10.0. The first kappa shape index (κ1) is 24.6. The Labute approximate surface area is 198 Å². The number of rotatable bonds is 10. The van der Waals surface area contributed by atoms with Crippen molar-refractivity contribution >= 4 is 5.97 Å². The zero-order valence-electron chi connectivity index (χ0n) is 20.8. The molecule has 3 heteroatoms. The molecule has 0 unspecified atom stereocenters. The molecule has 184 valence electrons. The smallest absolute Gasteiger partial charge is 0.303 e. The number of carbonyl (C=O) groups is 1. The van der Waals surface area contributed by atoms with E-state index in [1.807, 2.05) is 0 Å². The fraction of sp³-hybridized carbons (Fsp3) is 0.966. The lowest BCUT2D eigenvalue weighted by Crippen LogP contribution is -2.48. The summed E-state index contributed by atoms with van der Waals surface area (Å²) in [6.45, 7) is 2.63. The van der Waals surface area contributed by atoms with Crippen molar-refractivity contribution in [3.8, 4) is 0 Å². The van der Waals surface area contributed by atoms with Crippen molar-refractivity contribution in [3.63, 3.8) is 0 Å². The summed E-state index contributed by atoms with van der Waals surface area (Å²) < 4.78 is 0. The van der Waals surface area contributed by atoms with Crippen LogP contribution < -0.4 is 0 Å². The van der Waals surface area contributed by atoms with Gasteiger partial charge in [-0.05, 0) is 74.8 Å². The Morgan fingerprint density at radius 3 is 1.72 bits per heavy atom. The summed E-state index contributed by atoms with van der Waals surface area (Å²) in [5.74, 6) is 3.40. The van der Waals surface area contributed by atoms with Crippen molar-refractivity contribution < 1.29 is 9.90 Å². The molecule has 3 nitrogen and oxygen atoms in total. The Morgan fingerprint density at radius 1 is 0.656 bits per heavy atom. The second kappa shape index (κ2) is 12.8. The first-order valence-electron chi connectivity index (χ1n) is 14.6. The van der Waals surface area contributed by atoms with Crippen LogP contribution in [0.4, 0.5) is 0 Å². The van der Waals surface area contributed by atoms with Gasteiger partial charge in [-0.2, -0.15) is 0 Å². The van der Waals surface area contributed by atoms with Gasteiger partial charge in [0.15, 0.2) is 0 Å². The molecule has 4 saturated carbocycles. The van der Waals surface area contributed by atoms with E-state index in [1.54, 1.807) is 0 Å². The number of carboxylic acid groups (broad SMARTS) is 1. The van der Waals surface area contributed by atoms with E-state index >= 15 is 0 Å². The quantitative estimate of drug-likeness (QED) is 0.375. The average Bonchev–Trinajstić information content (AvgIpc) is 3.35. The van der Waals surface area contributed by atoms with Crippen molar-refractivity contribution in [1.29, 1.82) is 0 Å². The molecule has 1 N–H and O–H groups in total. The lowest BCUT2D eigenvalue weighted by atomic mass is 9.70. The predicted molar refractivity (Wildman–Crippen MR) is 133 cm³/mol. The third-order valence-corrected chi connectivity index (χ3v) is 10.0. The molecule has 0 heterocycles. The van der Waals surface area contributed by atoms with Gasteiger partial charge in [0.25, 0.3) is 0 Å². The molecule has 4 aliphatic rings. The molecule has 0 bridgehead atoms. The third kappa shape index (κ3) is 7.21. The van der Waals surface area contributed by atoms with Crippen molar-refractivity contribution in [2.24, 2.45) is 29.6 Å². The van der Waals surface area contributed by atoms with E-state index in [0.717, 1.165) is 36.1 Å². The standard InChI is InChI=1S/C29H51NO2/c31-29(32)22-25-15-16-28(27(21-25)26-13-7-8-14-26)30(19-17-23-9-3-1-4-10-23)20-18-24-11-5-2-6-12-24/h23-28H,1-22H2,(H,31,32)/t25-,27+,28-/m1/s1. The maximum atomic E-state index is 11.5. The molecule has 4 aliphatic carbocycles. The topological polar surface area (TPSA) is 40.5 Å². The molecule has 3 atom stereocenters. The van der Waals surface area contributed by atoms with Gasteiger partial charge in [0.05, 0.1) is 0 Å². The first-order valence-corrected chi connectivity index (χ1v) is 14.6. The van der Waals surface area contributed by atoms with Crippen LogP contribution in [-0.4, -0.2) is 35.1 Å². The highest BCUT2D eigenvalue weighted by Crippen LogP contribution is 2.44. The molecule has 0 spiro atoms. The van der Waals surface area contributed by atoms with E-state index in [4.69, 9.17) is 0 Å². The molecule has 0 saturated heterocycles. The highest BCUT2D eigenvalue weighted by Gasteiger charge is 2.40. The van der Waals surface area contributed by atoms with Crippen LogP contribution in [-0.2, 0) is 4.79 Å². The average molecular weight is 446 g/mol. The Bertz CT molecular complexity index is 523. The predicted octanol–water partition coefficient (Wildman–Crippen LogP) is 7.68. The summed E-state index contributed by atoms with van der Waals surface area (Å²) in [5.41, 5.74) is 0. The number of aliphatic carboxylic acids is 1. The highest BCUT2D eigenvalue weighted by atomic mass is 16.4. The van der Waals surface area contributed by atoms with E-state index in [2.05, 4.69) is 4.90 Å². The van der Waals surface area contributed by atoms with Crippen LogP contribution >= 0.6 is 0 Å². The highest BCUT2D eigenvalue weighted by molar-refractivity contribution is 5.67. The normalized spacial score (nSPS) is 31.3. The van der Waals surface area contributed by atoms with E-state index in [1.165, 1.54) is 129 Å². The maximum absolute atomic E-state index is 11.5. The van der Waals surface area contributed by atoms with Gasteiger partial charge in [0.1, 0.15) is 0 Å². The summed E-state index contributed by atoms with van der Waals surface area (Å²) in [6.07, 6.45) is 27.0. The molecule has 32 heavy (non-hydrogen) atoms. The second-order valence-electron chi connectivity index (χ2n) is 12.2. The fourth-order valence-corrected chi connectivity index (χ4v) is 8.15. The zero-order chi connectivity index (χ0) is 22.2. The minimum atomic E-state index is -0.579. The van der Waals surface area contributed by atoms with Crippen molar-refractivity contribution in [2.75, 3.05) is 13.1 Å². The summed E-state index contributed by atoms with van der Waals surface area (Å²) in [5, 5.41) is 9.44. The number of hydrogen-bond donors (Lipinski definition) is 1. The van der Waals surface area contributed by atoms with Crippen LogP contribution in [0.2, 0.25) is 0 Å². The largest absolute Gasteiger partial charge is 0.481 e. The molecule has 0 aromatic rings. The van der Waals surface area contributed by atoms with Gasteiger partial charge < -0.3 is 10.0 Å². The Kier molecular flexibility index (Phi) is 9.80. The second-order valence-corrected chi connectivity index (χ2v) is 12.2. The summed E-state index contributed by atoms with van der Waals surface area (Å²) >= 11 is 0. The van der Waals surface area contributed by atoms with Gasteiger partial charge >= 0.3 is 5.97 Å². The molecule has 0 aliphatic heterocycles. The summed E-state index contributed by atoms with van der Waals surface area (Å²) in [6, 6.07) is 0.732. The zero-order valence-corrected chi connectivity index (χ0v) is 20.8. The molecule has 0 aromatic heterocycles. The van der Waals surface area contributed by atoms with Gasteiger partial charge in [-0.1, -0.05) is 89.9 Å². The van der Waals surface area contributed by atoms with Crippen LogP contribution in [0.25, 0.3) is 0 Å². The van der Waals surface area contributed by atoms with E-state index in [-0.39, 0.29) is 0 Å². The maximum Gasteiger partial charge on any atom is 0.303 e. The van der Waals surface area contributed by atoms with Gasteiger partial charge in [-0.3, -0.25) is 4.79 Å². The van der Waals surface area contributed by atoms with Gasteiger partial charge in [0, 0.05) is 12.5 Å². The fourth-order valence-electron chi connectivity index (χ4n) is 8.15. The molecule has 4 fully saturated rings. The van der Waals surface area contributed by atoms with Gasteiger partial charge in [-0.25, -0.2) is 0 Å². The molecule has 0 aromatic carbocycles. The van der Waals surface area contributed by atoms with Crippen LogP contribution in [0.3, 0.4) is 0 Å². The van der Waals surface area contributed by atoms with E-state index < -0.39 is 5.97 Å². The Balaban J connectivity index is 1.42. The van der Waals surface area contributed by atoms with Gasteiger partial charge in [0.2, 0.25) is 0 Å². The van der Waals surface area contributed by atoms with Crippen molar-refractivity contribution in [2.45, 2.75) is 134 Å². The first-order chi connectivity index (χ1) is 15.7. The summed E-state index contributed by atoms with van der Waals surface area (Å²) in [7, 11) is 0. The molecule has 0 radical (unpaired) electrons. The molecule has 4 rings (SSSR count). The number of nitrogens with zero attached hydrogens (tertiary/aromatic N) is 1. The Hall–Kier alpha value is -0.570. The minimum absolute atomic E-state index is 0.403. The molecule has 0 amide bonds. The van der Waals surface area contributed by atoms with E-state index in [9.17, 15) is 9.90 Å². The monoisotopic (exact) mass is 445 g/mol. The lowest BCUT2D eigenvalue weighted by molar-refractivity contribution is -0.138. The van der Waals surface area contributed by atoms with Gasteiger partial charge in [-0.15, -0.1) is 0 Å². The Morgan fingerprint density at radius 2 is 1.19 bits per heavy atom. The molecular formula is C29H51NO2.